The predicted octanol–water partition coefficient (Wildman–Crippen LogP) is 2.99. The molecular weight excluding hydrogens is 344 g/mol. The summed E-state index contributed by atoms with van der Waals surface area (Å²) in [6.07, 6.45) is 0. The van der Waals surface area contributed by atoms with Crippen molar-refractivity contribution < 1.29 is 18.7 Å². The number of benzene rings is 1. The van der Waals surface area contributed by atoms with E-state index in [0.717, 1.165) is 17.4 Å². The summed E-state index contributed by atoms with van der Waals surface area (Å²) in [6.45, 7) is 3.60. The van der Waals surface area contributed by atoms with E-state index < -0.39 is 11.9 Å². The van der Waals surface area contributed by atoms with E-state index in [1.807, 2.05) is 0 Å². The summed E-state index contributed by atoms with van der Waals surface area (Å²) in [5.41, 5.74) is 0.468. The summed E-state index contributed by atoms with van der Waals surface area (Å²) in [5.74, 6) is -1.24. The van der Waals surface area contributed by atoms with Crippen LogP contribution < -0.4 is 10.7 Å². The predicted molar refractivity (Wildman–Crippen MR) is 93.2 cm³/mol. The van der Waals surface area contributed by atoms with Crippen molar-refractivity contribution in [2.24, 2.45) is 0 Å². The Labute approximate surface area is 146 Å². The van der Waals surface area contributed by atoms with Gasteiger partial charge in [0.15, 0.2) is 16.3 Å². The lowest BCUT2D eigenvalue weighted by Crippen LogP contribution is -2.14. The van der Waals surface area contributed by atoms with Crippen LogP contribution in [-0.4, -0.2) is 23.5 Å². The van der Waals surface area contributed by atoms with Crippen LogP contribution >= 0.6 is 11.3 Å². The van der Waals surface area contributed by atoms with Gasteiger partial charge in [0.25, 0.3) is 5.91 Å². The molecule has 1 amide bonds. The Morgan fingerprint density at radius 3 is 2.84 bits per heavy atom. The summed E-state index contributed by atoms with van der Waals surface area (Å²) in [5, 5.41) is 3.16. The zero-order valence-corrected chi connectivity index (χ0v) is 14.3. The molecule has 0 radical (unpaired) electrons. The summed E-state index contributed by atoms with van der Waals surface area (Å²) >= 11 is 1.00. The van der Waals surface area contributed by atoms with E-state index in [9.17, 15) is 14.4 Å². The van der Waals surface area contributed by atoms with E-state index in [4.69, 9.17) is 9.15 Å². The summed E-state index contributed by atoms with van der Waals surface area (Å²) in [7, 11) is 0. The van der Waals surface area contributed by atoms with Gasteiger partial charge in [-0.05, 0) is 26.0 Å². The van der Waals surface area contributed by atoms with Crippen LogP contribution in [0.3, 0.4) is 0 Å². The molecule has 0 saturated carbocycles. The Hall–Kier alpha value is -3.00. The molecule has 0 fully saturated rings. The van der Waals surface area contributed by atoms with Crippen LogP contribution in [-0.2, 0) is 4.74 Å². The number of aryl methyl sites for hydroxylation is 1. The first-order valence-electron chi connectivity index (χ1n) is 7.48. The number of esters is 1. The number of nitrogens with zero attached hydrogens (tertiary/aromatic N) is 1. The summed E-state index contributed by atoms with van der Waals surface area (Å²) < 4.78 is 10.4. The van der Waals surface area contributed by atoms with Crippen molar-refractivity contribution in [3.8, 4) is 0 Å². The molecule has 7 nitrogen and oxygen atoms in total. The van der Waals surface area contributed by atoms with Crippen molar-refractivity contribution in [2.75, 3.05) is 11.9 Å². The number of thiazole rings is 1. The van der Waals surface area contributed by atoms with Crippen LogP contribution in [0.1, 0.15) is 32.8 Å². The molecule has 0 saturated heterocycles. The highest BCUT2D eigenvalue weighted by Crippen LogP contribution is 2.24. The molecule has 0 aliphatic carbocycles. The monoisotopic (exact) mass is 358 g/mol. The molecule has 2 heterocycles. The number of carbonyl (C=O) groups is 2. The number of ether oxygens (including phenoxy) is 1. The van der Waals surface area contributed by atoms with Crippen molar-refractivity contribution >= 4 is 39.3 Å². The second-order valence-electron chi connectivity index (χ2n) is 5.08. The SMILES string of the molecule is CCOC(=O)c1sc(NC(=O)c2cc(=O)c3ccccc3o2)nc1C. The fourth-order valence-electron chi connectivity index (χ4n) is 2.21. The first-order chi connectivity index (χ1) is 12.0. The molecule has 2 aromatic heterocycles. The second kappa shape index (κ2) is 6.86. The lowest BCUT2D eigenvalue weighted by Gasteiger charge is -2.02. The van der Waals surface area contributed by atoms with E-state index in [-0.39, 0.29) is 22.9 Å². The zero-order chi connectivity index (χ0) is 18.0. The minimum Gasteiger partial charge on any atom is -0.462 e. The molecule has 1 N–H and O–H groups in total. The largest absolute Gasteiger partial charge is 0.462 e. The Balaban J connectivity index is 1.87. The van der Waals surface area contributed by atoms with Gasteiger partial charge in [0.05, 0.1) is 17.7 Å². The molecule has 8 heteroatoms. The smallest absolute Gasteiger partial charge is 0.350 e. The first kappa shape index (κ1) is 16.8. The van der Waals surface area contributed by atoms with Crippen LogP contribution in [0.25, 0.3) is 11.0 Å². The molecular formula is C17H14N2O5S. The quantitative estimate of drug-likeness (QED) is 0.720. The molecule has 0 aliphatic rings. The third kappa shape index (κ3) is 3.43. The van der Waals surface area contributed by atoms with E-state index in [2.05, 4.69) is 10.3 Å². The Morgan fingerprint density at radius 2 is 2.08 bits per heavy atom. The van der Waals surface area contributed by atoms with Crippen LogP contribution in [0.4, 0.5) is 5.13 Å². The number of fused-ring (bicyclic) bond motifs is 1. The lowest BCUT2D eigenvalue weighted by atomic mass is 10.2. The number of amides is 1. The van der Waals surface area contributed by atoms with Crippen LogP contribution in [0.15, 0.2) is 39.5 Å². The summed E-state index contributed by atoms with van der Waals surface area (Å²) in [6, 6.07) is 7.79. The van der Waals surface area contributed by atoms with E-state index in [1.54, 1.807) is 38.1 Å². The van der Waals surface area contributed by atoms with Crippen molar-refractivity contribution in [2.45, 2.75) is 13.8 Å². The van der Waals surface area contributed by atoms with Gasteiger partial charge in [-0.2, -0.15) is 0 Å². The average Bonchev–Trinajstić information content (AvgIpc) is 2.95. The van der Waals surface area contributed by atoms with Crippen LogP contribution in [0.2, 0.25) is 0 Å². The minimum absolute atomic E-state index is 0.130. The van der Waals surface area contributed by atoms with Gasteiger partial charge < -0.3 is 9.15 Å². The van der Waals surface area contributed by atoms with Gasteiger partial charge in [0, 0.05) is 6.07 Å². The minimum atomic E-state index is -0.619. The highest BCUT2D eigenvalue weighted by Gasteiger charge is 2.19. The number of nitrogens with one attached hydrogen (secondary N) is 1. The van der Waals surface area contributed by atoms with E-state index >= 15 is 0 Å². The third-order valence-electron chi connectivity index (χ3n) is 3.34. The molecule has 25 heavy (non-hydrogen) atoms. The number of hydrogen-bond donors (Lipinski definition) is 1. The normalized spacial score (nSPS) is 10.6. The topological polar surface area (TPSA) is 98.5 Å². The maximum absolute atomic E-state index is 12.3. The lowest BCUT2D eigenvalue weighted by molar-refractivity contribution is 0.0531. The molecule has 3 aromatic rings. The second-order valence-corrected chi connectivity index (χ2v) is 6.08. The molecule has 0 atom stereocenters. The fraction of sp³-hybridized carbons (Fsp3) is 0.176. The highest BCUT2D eigenvalue weighted by molar-refractivity contribution is 7.17. The maximum atomic E-state index is 12.3. The van der Waals surface area contributed by atoms with Gasteiger partial charge in [0.2, 0.25) is 0 Å². The standard InChI is InChI=1S/C17H14N2O5S/c1-3-23-16(22)14-9(2)18-17(25-14)19-15(21)13-8-11(20)10-6-4-5-7-12(10)24-13/h4-8H,3H2,1-2H3,(H,18,19,21). The molecule has 3 rings (SSSR count). The third-order valence-corrected chi connectivity index (χ3v) is 4.39. The Kier molecular flexibility index (Phi) is 4.62. The Morgan fingerprint density at radius 1 is 1.32 bits per heavy atom. The molecule has 0 bridgehead atoms. The molecule has 1 aromatic carbocycles. The number of anilines is 1. The number of rotatable bonds is 4. The van der Waals surface area contributed by atoms with Gasteiger partial charge in [-0.1, -0.05) is 23.5 Å². The van der Waals surface area contributed by atoms with Crippen molar-refractivity contribution in [3.63, 3.8) is 0 Å². The van der Waals surface area contributed by atoms with Crippen molar-refractivity contribution in [1.82, 2.24) is 4.98 Å². The van der Waals surface area contributed by atoms with Crippen LogP contribution in [0, 0.1) is 6.92 Å². The van der Waals surface area contributed by atoms with Crippen molar-refractivity contribution in [3.05, 3.63) is 56.9 Å². The van der Waals surface area contributed by atoms with Gasteiger partial charge >= 0.3 is 5.97 Å². The van der Waals surface area contributed by atoms with E-state index in [1.165, 1.54) is 0 Å². The average molecular weight is 358 g/mol. The maximum Gasteiger partial charge on any atom is 0.350 e. The van der Waals surface area contributed by atoms with Gasteiger partial charge in [-0.3, -0.25) is 14.9 Å². The fourth-order valence-corrected chi connectivity index (χ4v) is 3.07. The number of aromatic nitrogens is 1. The summed E-state index contributed by atoms with van der Waals surface area (Å²) in [4.78, 5) is 40.6. The van der Waals surface area contributed by atoms with E-state index in [0.29, 0.717) is 21.5 Å². The molecule has 0 unspecified atom stereocenters. The molecule has 0 spiro atoms. The van der Waals surface area contributed by atoms with Gasteiger partial charge in [-0.25, -0.2) is 9.78 Å². The first-order valence-corrected chi connectivity index (χ1v) is 8.30. The van der Waals surface area contributed by atoms with Crippen molar-refractivity contribution in [1.29, 1.82) is 0 Å². The number of carbonyl (C=O) groups excluding carboxylic acids is 2. The zero-order valence-electron chi connectivity index (χ0n) is 13.5. The molecule has 128 valence electrons. The van der Waals surface area contributed by atoms with Gasteiger partial charge in [0.1, 0.15) is 10.5 Å². The number of hydrogen-bond acceptors (Lipinski definition) is 7. The number of para-hydroxylation sites is 1. The van der Waals surface area contributed by atoms with Gasteiger partial charge in [-0.15, -0.1) is 0 Å². The highest BCUT2D eigenvalue weighted by atomic mass is 32.1. The molecule has 0 aliphatic heterocycles. The van der Waals surface area contributed by atoms with Crippen LogP contribution in [0.5, 0.6) is 0 Å². The Bertz CT molecular complexity index is 1020.